The first-order valence-electron chi connectivity index (χ1n) is 7.31. The average Bonchev–Trinajstić information content (AvgIpc) is 2.93. The Labute approximate surface area is 146 Å². The average molecular weight is 371 g/mol. The molecular weight excluding hydrogens is 352 g/mol. The zero-order valence-electron chi connectivity index (χ0n) is 13.2. The summed E-state index contributed by atoms with van der Waals surface area (Å²) in [6.07, 6.45) is 5.61. The minimum atomic E-state index is -3.53. The molecule has 0 aromatic carbocycles. The summed E-state index contributed by atoms with van der Waals surface area (Å²) in [5, 5.41) is 5.90. The first-order chi connectivity index (χ1) is 11.0. The Hall–Kier alpha value is -1.90. The molecule has 1 amide bonds. The molecule has 24 heavy (non-hydrogen) atoms. The molecule has 0 bridgehead atoms. The van der Waals surface area contributed by atoms with Gasteiger partial charge in [-0.2, -0.15) is 0 Å². The van der Waals surface area contributed by atoms with Crippen molar-refractivity contribution in [3.05, 3.63) is 41.7 Å². The number of carbonyl (C=O) groups is 1. The summed E-state index contributed by atoms with van der Waals surface area (Å²) in [6.45, 7) is 2.14. The van der Waals surface area contributed by atoms with Gasteiger partial charge in [0.05, 0.1) is 5.52 Å². The number of sulfone groups is 1. The second kappa shape index (κ2) is 7.33. The lowest BCUT2D eigenvalue weighted by molar-refractivity contribution is 0.0953. The summed E-state index contributed by atoms with van der Waals surface area (Å²) in [7, 11) is -3.53. The third kappa shape index (κ3) is 3.77. The van der Waals surface area contributed by atoms with Crippen molar-refractivity contribution >= 4 is 33.7 Å². The van der Waals surface area contributed by atoms with Gasteiger partial charge in [0, 0.05) is 25.5 Å². The van der Waals surface area contributed by atoms with Gasteiger partial charge >= 0.3 is 0 Å². The molecule has 2 aromatic rings. The normalized spacial score (nSPS) is 14.8. The topological polar surface area (TPSA) is 92.6 Å². The van der Waals surface area contributed by atoms with E-state index < -0.39 is 9.84 Å². The molecule has 0 saturated heterocycles. The van der Waals surface area contributed by atoms with E-state index in [1.165, 1.54) is 4.40 Å². The van der Waals surface area contributed by atoms with E-state index in [9.17, 15) is 13.2 Å². The molecule has 0 aliphatic carbocycles. The summed E-state index contributed by atoms with van der Waals surface area (Å²) in [4.78, 5) is 16.5. The zero-order chi connectivity index (χ0) is 16.4. The molecule has 9 heteroatoms. The lowest BCUT2D eigenvalue weighted by Gasteiger charge is -2.14. The van der Waals surface area contributed by atoms with Gasteiger partial charge in [-0.1, -0.05) is 17.7 Å². The van der Waals surface area contributed by atoms with Crippen LogP contribution in [0.1, 0.15) is 16.9 Å². The fourth-order valence-electron chi connectivity index (χ4n) is 2.55. The van der Waals surface area contributed by atoms with Crippen LogP contribution in [0.15, 0.2) is 41.2 Å². The highest BCUT2D eigenvalue weighted by Gasteiger charge is 2.22. The van der Waals surface area contributed by atoms with E-state index in [0.717, 1.165) is 31.3 Å². The highest BCUT2D eigenvalue weighted by molar-refractivity contribution is 7.90. The number of hydrogen-bond acceptors (Lipinski definition) is 5. The second-order valence-electron chi connectivity index (χ2n) is 5.47. The fraction of sp³-hybridized carbons (Fsp3) is 0.333. The second-order valence-corrected chi connectivity index (χ2v) is 7.38. The molecule has 1 aliphatic rings. The number of rotatable bonds is 4. The quantitative estimate of drug-likeness (QED) is 0.777. The molecule has 0 fully saturated rings. The van der Waals surface area contributed by atoms with Crippen LogP contribution in [0.5, 0.6) is 0 Å². The van der Waals surface area contributed by atoms with Gasteiger partial charge in [-0.05, 0) is 25.1 Å². The summed E-state index contributed by atoms with van der Waals surface area (Å²) in [5.41, 5.74) is 1.76. The van der Waals surface area contributed by atoms with Crippen LogP contribution in [0.4, 0.5) is 0 Å². The number of halogens is 1. The number of carbonyl (C=O) groups excluding carboxylic acids is 1. The molecule has 130 valence electrons. The monoisotopic (exact) mass is 370 g/mol. The molecule has 0 saturated carbocycles. The van der Waals surface area contributed by atoms with E-state index in [1.54, 1.807) is 24.4 Å². The third-order valence-corrected chi connectivity index (χ3v) is 4.65. The van der Waals surface area contributed by atoms with Crippen LogP contribution in [0.3, 0.4) is 0 Å². The van der Waals surface area contributed by atoms with Crippen molar-refractivity contribution in [1.29, 1.82) is 0 Å². The number of nitrogens with zero attached hydrogens (tertiary/aromatic N) is 2. The lowest BCUT2D eigenvalue weighted by atomic mass is 10.1. The molecule has 0 spiro atoms. The molecule has 2 N–H and O–H groups in total. The van der Waals surface area contributed by atoms with Crippen LogP contribution in [-0.4, -0.2) is 49.6 Å². The molecule has 0 radical (unpaired) electrons. The Kier molecular flexibility index (Phi) is 5.63. The van der Waals surface area contributed by atoms with E-state index in [2.05, 4.69) is 21.7 Å². The van der Waals surface area contributed by atoms with Gasteiger partial charge in [0.15, 0.2) is 5.69 Å². The third-order valence-electron chi connectivity index (χ3n) is 3.70. The highest BCUT2D eigenvalue weighted by Crippen LogP contribution is 2.17. The van der Waals surface area contributed by atoms with Gasteiger partial charge in [0.2, 0.25) is 15.0 Å². The van der Waals surface area contributed by atoms with Crippen molar-refractivity contribution in [3.63, 3.8) is 0 Å². The van der Waals surface area contributed by atoms with E-state index in [1.807, 2.05) is 0 Å². The molecule has 3 rings (SSSR count). The highest BCUT2D eigenvalue weighted by atomic mass is 35.5. The zero-order valence-corrected chi connectivity index (χ0v) is 14.8. The SMILES string of the molecule is CS(=O)(=O)c1nc(C(=O)NCC2=CCNCC2)c2ccccn12.Cl. The van der Waals surface area contributed by atoms with Crippen molar-refractivity contribution < 1.29 is 13.2 Å². The first kappa shape index (κ1) is 18.4. The van der Waals surface area contributed by atoms with Crippen molar-refractivity contribution in [2.45, 2.75) is 11.6 Å². The summed E-state index contributed by atoms with van der Waals surface area (Å²) < 4.78 is 25.1. The fourth-order valence-corrected chi connectivity index (χ4v) is 3.32. The largest absolute Gasteiger partial charge is 0.347 e. The first-order valence-corrected chi connectivity index (χ1v) is 9.20. The smallest absolute Gasteiger partial charge is 0.272 e. The van der Waals surface area contributed by atoms with Crippen LogP contribution in [0, 0.1) is 0 Å². The maximum Gasteiger partial charge on any atom is 0.272 e. The Morgan fingerprint density at radius 2 is 2.21 bits per heavy atom. The van der Waals surface area contributed by atoms with E-state index in [-0.39, 0.29) is 29.2 Å². The number of fused-ring (bicyclic) bond motifs is 1. The summed E-state index contributed by atoms with van der Waals surface area (Å²) in [6, 6.07) is 5.13. The van der Waals surface area contributed by atoms with E-state index >= 15 is 0 Å². The number of aromatic nitrogens is 2. The van der Waals surface area contributed by atoms with E-state index in [4.69, 9.17) is 0 Å². The van der Waals surface area contributed by atoms with Gasteiger partial charge in [-0.25, -0.2) is 13.4 Å². The molecule has 0 atom stereocenters. The summed E-state index contributed by atoms with van der Waals surface area (Å²) >= 11 is 0. The van der Waals surface area contributed by atoms with Crippen molar-refractivity contribution in [2.24, 2.45) is 0 Å². The molecule has 7 nitrogen and oxygen atoms in total. The molecule has 2 aromatic heterocycles. The Morgan fingerprint density at radius 3 is 2.88 bits per heavy atom. The Balaban J connectivity index is 0.00000208. The number of amides is 1. The van der Waals surface area contributed by atoms with Crippen LogP contribution in [0.2, 0.25) is 0 Å². The minimum Gasteiger partial charge on any atom is -0.347 e. The summed E-state index contributed by atoms with van der Waals surface area (Å²) in [5.74, 6) is -0.372. The van der Waals surface area contributed by atoms with Gasteiger partial charge in [-0.15, -0.1) is 12.4 Å². The molecule has 1 aliphatic heterocycles. The molecular formula is C15H19ClN4O3S. The van der Waals surface area contributed by atoms with Crippen molar-refractivity contribution in [2.75, 3.05) is 25.9 Å². The number of nitrogens with one attached hydrogen (secondary N) is 2. The molecule has 3 heterocycles. The van der Waals surface area contributed by atoms with Gasteiger partial charge < -0.3 is 10.6 Å². The lowest BCUT2D eigenvalue weighted by Crippen LogP contribution is -2.30. The predicted molar refractivity (Wildman–Crippen MR) is 93.5 cm³/mol. The van der Waals surface area contributed by atoms with Crippen LogP contribution in [-0.2, 0) is 9.84 Å². The minimum absolute atomic E-state index is 0. The van der Waals surface area contributed by atoms with Crippen LogP contribution < -0.4 is 10.6 Å². The van der Waals surface area contributed by atoms with Gasteiger partial charge in [0.25, 0.3) is 5.91 Å². The van der Waals surface area contributed by atoms with Gasteiger partial charge in [0.1, 0.15) is 0 Å². The van der Waals surface area contributed by atoms with Crippen molar-refractivity contribution in [1.82, 2.24) is 20.0 Å². The molecule has 0 unspecified atom stereocenters. The number of pyridine rings is 1. The number of imidazole rings is 1. The number of hydrogen-bond donors (Lipinski definition) is 2. The van der Waals surface area contributed by atoms with Crippen molar-refractivity contribution in [3.8, 4) is 0 Å². The maximum absolute atomic E-state index is 12.4. The predicted octanol–water partition coefficient (Wildman–Crippen LogP) is 0.809. The standard InChI is InChI=1S/C15H18N4O3S.ClH/c1-23(21,22)15-18-13(12-4-2-3-9-19(12)15)14(20)17-10-11-5-7-16-8-6-11;/h2-5,9,16H,6-8,10H2,1H3,(H,17,20);1H. The van der Waals surface area contributed by atoms with E-state index in [0.29, 0.717) is 12.1 Å². The Bertz CT molecular complexity index is 889. The van der Waals surface area contributed by atoms with Gasteiger partial charge in [-0.3, -0.25) is 9.20 Å². The maximum atomic E-state index is 12.4. The van der Waals surface area contributed by atoms with Crippen LogP contribution in [0.25, 0.3) is 5.52 Å². The Morgan fingerprint density at radius 1 is 1.42 bits per heavy atom. The van der Waals surface area contributed by atoms with Crippen LogP contribution >= 0.6 is 12.4 Å².